The highest BCUT2D eigenvalue weighted by Gasteiger charge is 2.25. The molecule has 0 amide bonds. The number of hydrogen-bond donors (Lipinski definition) is 1. The molecule has 2 N–H and O–H groups in total. The van der Waals surface area contributed by atoms with Gasteiger partial charge in [0.1, 0.15) is 0 Å². The highest BCUT2D eigenvalue weighted by Crippen LogP contribution is 2.24. The first kappa shape index (κ1) is 15.5. The van der Waals surface area contributed by atoms with Crippen LogP contribution < -0.4 is 5.73 Å². The maximum Gasteiger partial charge on any atom is 0.0537 e. The Labute approximate surface area is 116 Å². The van der Waals surface area contributed by atoms with Gasteiger partial charge in [-0.3, -0.25) is 9.58 Å². The van der Waals surface area contributed by atoms with Crippen molar-refractivity contribution in [1.82, 2.24) is 14.7 Å². The molecule has 0 bridgehead atoms. The van der Waals surface area contributed by atoms with Crippen LogP contribution in [-0.2, 0) is 13.6 Å². The lowest BCUT2D eigenvalue weighted by Gasteiger charge is -2.37. The van der Waals surface area contributed by atoms with Crippen LogP contribution >= 0.6 is 12.4 Å². The van der Waals surface area contributed by atoms with Gasteiger partial charge < -0.3 is 5.73 Å². The first-order chi connectivity index (χ1) is 8.11. The second-order valence-corrected chi connectivity index (χ2v) is 5.37. The van der Waals surface area contributed by atoms with Gasteiger partial charge >= 0.3 is 0 Å². The summed E-state index contributed by atoms with van der Waals surface area (Å²) in [5.41, 5.74) is 8.49. The summed E-state index contributed by atoms with van der Waals surface area (Å²) in [5, 5.41) is 4.31. The Morgan fingerprint density at radius 1 is 1.50 bits per heavy atom. The van der Waals surface area contributed by atoms with Crippen LogP contribution in [0.25, 0.3) is 0 Å². The number of nitrogens with two attached hydrogens (primary N) is 1. The molecule has 2 rings (SSSR count). The quantitative estimate of drug-likeness (QED) is 0.911. The van der Waals surface area contributed by atoms with E-state index in [2.05, 4.69) is 23.8 Å². The molecule has 4 nitrogen and oxygen atoms in total. The molecule has 104 valence electrons. The van der Waals surface area contributed by atoms with Gasteiger partial charge in [-0.25, -0.2) is 0 Å². The van der Waals surface area contributed by atoms with Gasteiger partial charge in [-0.15, -0.1) is 12.4 Å². The number of piperidine rings is 1. The van der Waals surface area contributed by atoms with Crippen LogP contribution in [0, 0.1) is 12.8 Å². The van der Waals surface area contributed by atoms with Crippen LogP contribution in [-0.4, -0.2) is 33.8 Å². The van der Waals surface area contributed by atoms with E-state index in [9.17, 15) is 0 Å². The van der Waals surface area contributed by atoms with Crippen LogP contribution in [0.3, 0.4) is 0 Å². The lowest BCUT2D eigenvalue weighted by molar-refractivity contribution is 0.115. The van der Waals surface area contributed by atoms with Crippen molar-refractivity contribution < 1.29 is 0 Å². The lowest BCUT2D eigenvalue weighted by Crippen LogP contribution is -2.45. The minimum absolute atomic E-state index is 0. The van der Waals surface area contributed by atoms with Gasteiger partial charge in [0.05, 0.1) is 6.20 Å². The molecule has 2 unspecified atom stereocenters. The molecular weight excluding hydrogens is 248 g/mol. The second-order valence-electron chi connectivity index (χ2n) is 5.37. The van der Waals surface area contributed by atoms with Gasteiger partial charge in [0.25, 0.3) is 0 Å². The molecule has 1 aliphatic rings. The Morgan fingerprint density at radius 2 is 2.22 bits per heavy atom. The minimum Gasteiger partial charge on any atom is -0.329 e. The van der Waals surface area contributed by atoms with Crippen molar-refractivity contribution in [2.45, 2.75) is 39.3 Å². The van der Waals surface area contributed by atoms with Crippen molar-refractivity contribution in [2.24, 2.45) is 18.7 Å². The predicted molar refractivity (Wildman–Crippen MR) is 76.8 cm³/mol. The Hall–Kier alpha value is -0.580. The van der Waals surface area contributed by atoms with Gasteiger partial charge in [-0.1, -0.05) is 6.92 Å². The maximum absolute atomic E-state index is 5.89. The molecule has 1 aromatic rings. The minimum atomic E-state index is 0. The third-order valence-corrected chi connectivity index (χ3v) is 4.08. The molecule has 0 spiro atoms. The molecule has 18 heavy (non-hydrogen) atoms. The van der Waals surface area contributed by atoms with Gasteiger partial charge in [0, 0.05) is 37.4 Å². The topological polar surface area (TPSA) is 47.1 Å². The fourth-order valence-corrected chi connectivity index (χ4v) is 2.67. The maximum atomic E-state index is 5.89. The molecule has 1 saturated heterocycles. The van der Waals surface area contributed by atoms with Crippen LogP contribution in [0.15, 0.2) is 6.20 Å². The SMILES string of the molecule is Cc1c(CN2CCC(C)CC2CN)cnn1C.Cl. The largest absolute Gasteiger partial charge is 0.329 e. The van der Waals surface area contributed by atoms with Gasteiger partial charge in [-0.05, 0) is 32.2 Å². The van der Waals surface area contributed by atoms with Crippen molar-refractivity contribution in [3.8, 4) is 0 Å². The Morgan fingerprint density at radius 3 is 2.78 bits per heavy atom. The molecule has 0 radical (unpaired) electrons. The normalized spacial score (nSPS) is 24.9. The standard InChI is InChI=1S/C13H24N4.ClH/c1-10-4-5-17(13(6-10)7-14)9-12-8-15-16(3)11(12)2;/h8,10,13H,4-7,9,14H2,1-3H3;1H. The molecular formula is C13H25ClN4. The smallest absolute Gasteiger partial charge is 0.0537 e. The molecule has 0 aliphatic carbocycles. The number of nitrogens with zero attached hydrogens (tertiary/aromatic N) is 3. The zero-order valence-electron chi connectivity index (χ0n) is 11.6. The van der Waals surface area contributed by atoms with Gasteiger partial charge in [0.15, 0.2) is 0 Å². The van der Waals surface area contributed by atoms with E-state index in [4.69, 9.17) is 5.73 Å². The van der Waals surface area contributed by atoms with E-state index in [1.54, 1.807) is 0 Å². The molecule has 2 atom stereocenters. The van der Waals surface area contributed by atoms with Gasteiger partial charge in [0.2, 0.25) is 0 Å². The average molecular weight is 273 g/mol. The summed E-state index contributed by atoms with van der Waals surface area (Å²) in [7, 11) is 2.00. The summed E-state index contributed by atoms with van der Waals surface area (Å²) in [5.74, 6) is 0.815. The molecule has 1 aromatic heterocycles. The highest BCUT2D eigenvalue weighted by molar-refractivity contribution is 5.85. The van der Waals surface area contributed by atoms with Crippen LogP contribution in [0.4, 0.5) is 0 Å². The first-order valence-electron chi connectivity index (χ1n) is 6.53. The summed E-state index contributed by atoms with van der Waals surface area (Å²) in [6.07, 6.45) is 4.51. The van der Waals surface area contributed by atoms with Crippen molar-refractivity contribution in [3.63, 3.8) is 0 Å². The van der Waals surface area contributed by atoms with Crippen molar-refractivity contribution >= 4 is 12.4 Å². The molecule has 5 heteroatoms. The van der Waals surface area contributed by atoms with Crippen molar-refractivity contribution in [2.75, 3.05) is 13.1 Å². The number of aryl methyl sites for hydroxylation is 1. The molecule has 1 aliphatic heterocycles. The molecule has 0 saturated carbocycles. The zero-order valence-corrected chi connectivity index (χ0v) is 12.4. The number of aromatic nitrogens is 2. The molecule has 2 heterocycles. The Kier molecular flexibility index (Phi) is 5.63. The third kappa shape index (κ3) is 3.25. The number of rotatable bonds is 3. The summed E-state index contributed by atoms with van der Waals surface area (Å²) in [4.78, 5) is 2.52. The average Bonchev–Trinajstić information content (AvgIpc) is 2.63. The van der Waals surface area contributed by atoms with E-state index < -0.39 is 0 Å². The molecule has 0 aromatic carbocycles. The van der Waals surface area contributed by atoms with E-state index in [-0.39, 0.29) is 12.4 Å². The van der Waals surface area contributed by atoms with E-state index in [0.29, 0.717) is 6.04 Å². The second kappa shape index (κ2) is 6.55. The number of hydrogen-bond acceptors (Lipinski definition) is 3. The van der Waals surface area contributed by atoms with E-state index in [0.717, 1.165) is 25.6 Å². The van der Waals surface area contributed by atoms with Crippen LogP contribution in [0.5, 0.6) is 0 Å². The van der Waals surface area contributed by atoms with Crippen molar-refractivity contribution in [3.05, 3.63) is 17.5 Å². The summed E-state index contributed by atoms with van der Waals surface area (Å²) >= 11 is 0. The highest BCUT2D eigenvalue weighted by atomic mass is 35.5. The predicted octanol–water partition coefficient (Wildman–Crippen LogP) is 1.71. The Bertz CT molecular complexity index is 377. The number of likely N-dealkylation sites (tertiary alicyclic amines) is 1. The summed E-state index contributed by atoms with van der Waals surface area (Å²) < 4.78 is 1.94. The van der Waals surface area contributed by atoms with Gasteiger partial charge in [-0.2, -0.15) is 5.10 Å². The number of halogens is 1. The van der Waals surface area contributed by atoms with Crippen LogP contribution in [0.2, 0.25) is 0 Å². The Balaban J connectivity index is 0.00000162. The lowest BCUT2D eigenvalue weighted by atomic mass is 9.92. The van der Waals surface area contributed by atoms with E-state index >= 15 is 0 Å². The monoisotopic (exact) mass is 272 g/mol. The fraction of sp³-hybridized carbons (Fsp3) is 0.769. The van der Waals surface area contributed by atoms with Crippen LogP contribution in [0.1, 0.15) is 31.0 Å². The molecule has 1 fully saturated rings. The zero-order chi connectivity index (χ0) is 12.4. The van der Waals surface area contributed by atoms with Crippen molar-refractivity contribution in [1.29, 1.82) is 0 Å². The van der Waals surface area contributed by atoms with E-state index in [1.807, 2.05) is 17.9 Å². The van der Waals surface area contributed by atoms with E-state index in [1.165, 1.54) is 24.1 Å². The first-order valence-corrected chi connectivity index (χ1v) is 6.53. The summed E-state index contributed by atoms with van der Waals surface area (Å²) in [6.45, 7) is 7.39. The summed E-state index contributed by atoms with van der Waals surface area (Å²) in [6, 6.07) is 0.540. The fourth-order valence-electron chi connectivity index (χ4n) is 2.67. The third-order valence-electron chi connectivity index (χ3n) is 4.08.